The topological polar surface area (TPSA) is 54.9 Å². The Morgan fingerprint density at radius 1 is 1.12 bits per heavy atom. The number of hydrogen-bond donors (Lipinski definition) is 2. The van der Waals surface area contributed by atoms with Crippen LogP contribution in [0.4, 0.5) is 0 Å². The van der Waals surface area contributed by atoms with Crippen LogP contribution in [-0.2, 0) is 0 Å². The number of nitrogens with zero attached hydrogens (tertiary/aromatic N) is 1. The number of aliphatic imine (C=N–C) groups is 1. The smallest absolute Gasteiger partial charge is 0.191 e. The van der Waals surface area contributed by atoms with E-state index in [4.69, 9.17) is 9.47 Å². The van der Waals surface area contributed by atoms with Crippen LogP contribution in [0, 0.1) is 0 Å². The predicted octanol–water partition coefficient (Wildman–Crippen LogP) is 3.58. The van der Waals surface area contributed by atoms with Gasteiger partial charge in [0.15, 0.2) is 5.96 Å². The van der Waals surface area contributed by atoms with Crippen LogP contribution in [0.5, 0.6) is 11.5 Å². The molecule has 0 bridgehead atoms. The summed E-state index contributed by atoms with van der Waals surface area (Å²) in [5.74, 6) is 2.62. The molecule has 6 heteroatoms. The van der Waals surface area contributed by atoms with Crippen molar-refractivity contribution in [1.82, 2.24) is 10.6 Å². The first-order chi connectivity index (χ1) is 11.3. The molecule has 1 fully saturated rings. The van der Waals surface area contributed by atoms with Crippen LogP contribution in [0.1, 0.15) is 38.5 Å². The van der Waals surface area contributed by atoms with Gasteiger partial charge in [0, 0.05) is 19.6 Å². The number of methoxy groups -OCH3 is 1. The average Bonchev–Trinajstić information content (AvgIpc) is 2.62. The molecule has 1 aliphatic carbocycles. The first-order valence-corrected chi connectivity index (χ1v) is 8.56. The second kappa shape index (κ2) is 12.2. The quantitative estimate of drug-likeness (QED) is 0.291. The third-order valence-electron chi connectivity index (χ3n) is 4.11. The van der Waals surface area contributed by atoms with Gasteiger partial charge in [0.25, 0.3) is 0 Å². The normalized spacial score (nSPS) is 15.3. The fourth-order valence-electron chi connectivity index (χ4n) is 2.78. The summed E-state index contributed by atoms with van der Waals surface area (Å²) in [7, 11) is 3.49. The molecule has 136 valence electrons. The van der Waals surface area contributed by atoms with Gasteiger partial charge in [0.1, 0.15) is 11.5 Å². The van der Waals surface area contributed by atoms with E-state index in [0.29, 0.717) is 12.6 Å². The fourth-order valence-corrected chi connectivity index (χ4v) is 2.78. The molecular formula is C18H30IN3O2. The van der Waals surface area contributed by atoms with Gasteiger partial charge in [-0.25, -0.2) is 0 Å². The first-order valence-electron chi connectivity index (χ1n) is 8.56. The molecule has 0 heterocycles. The fraction of sp³-hybridized carbons (Fsp3) is 0.611. The molecule has 5 nitrogen and oxygen atoms in total. The summed E-state index contributed by atoms with van der Waals surface area (Å²) in [6.45, 7) is 1.53. The van der Waals surface area contributed by atoms with Gasteiger partial charge in [-0.15, -0.1) is 24.0 Å². The highest BCUT2D eigenvalue weighted by Gasteiger charge is 2.14. The molecule has 0 spiro atoms. The van der Waals surface area contributed by atoms with E-state index in [0.717, 1.165) is 30.4 Å². The lowest BCUT2D eigenvalue weighted by Crippen LogP contribution is -2.44. The van der Waals surface area contributed by atoms with E-state index in [-0.39, 0.29) is 24.0 Å². The number of nitrogens with one attached hydrogen (secondary N) is 2. The third kappa shape index (κ3) is 7.59. The molecule has 0 aliphatic heterocycles. The van der Waals surface area contributed by atoms with Crippen molar-refractivity contribution in [3.63, 3.8) is 0 Å². The highest BCUT2D eigenvalue weighted by atomic mass is 127. The zero-order valence-electron chi connectivity index (χ0n) is 14.7. The Morgan fingerprint density at radius 3 is 2.42 bits per heavy atom. The van der Waals surface area contributed by atoms with Gasteiger partial charge in [-0.2, -0.15) is 0 Å². The van der Waals surface area contributed by atoms with E-state index in [1.807, 2.05) is 31.3 Å². The summed E-state index contributed by atoms with van der Waals surface area (Å²) in [5, 5.41) is 6.87. The van der Waals surface area contributed by atoms with Crippen molar-refractivity contribution < 1.29 is 9.47 Å². The molecule has 2 N–H and O–H groups in total. The summed E-state index contributed by atoms with van der Waals surface area (Å²) in [4.78, 5) is 4.30. The molecule has 0 amide bonds. The van der Waals surface area contributed by atoms with Gasteiger partial charge >= 0.3 is 0 Å². The van der Waals surface area contributed by atoms with Gasteiger partial charge in [-0.1, -0.05) is 19.3 Å². The second-order valence-electron chi connectivity index (χ2n) is 5.86. The van der Waals surface area contributed by atoms with Crippen molar-refractivity contribution in [2.45, 2.75) is 44.6 Å². The minimum absolute atomic E-state index is 0. The van der Waals surface area contributed by atoms with Crippen molar-refractivity contribution in [3.05, 3.63) is 24.3 Å². The van der Waals surface area contributed by atoms with Crippen molar-refractivity contribution in [2.24, 2.45) is 4.99 Å². The van der Waals surface area contributed by atoms with E-state index in [9.17, 15) is 0 Å². The molecule has 2 rings (SSSR count). The molecule has 1 aromatic carbocycles. The Bertz CT molecular complexity index is 474. The number of ether oxygens (including phenoxy) is 2. The lowest BCUT2D eigenvalue weighted by atomic mass is 9.96. The maximum atomic E-state index is 5.72. The van der Waals surface area contributed by atoms with Crippen LogP contribution in [0.3, 0.4) is 0 Å². The maximum Gasteiger partial charge on any atom is 0.191 e. The molecule has 1 saturated carbocycles. The predicted molar refractivity (Wildman–Crippen MR) is 110 cm³/mol. The summed E-state index contributed by atoms with van der Waals surface area (Å²) in [5.41, 5.74) is 0. The van der Waals surface area contributed by atoms with Gasteiger partial charge in [-0.3, -0.25) is 4.99 Å². The summed E-state index contributed by atoms with van der Waals surface area (Å²) in [6.07, 6.45) is 7.45. The monoisotopic (exact) mass is 447 g/mol. The van der Waals surface area contributed by atoms with Crippen molar-refractivity contribution >= 4 is 29.9 Å². The largest absolute Gasteiger partial charge is 0.497 e. The Kier molecular flexibility index (Phi) is 10.6. The zero-order valence-corrected chi connectivity index (χ0v) is 17.0. The standard InChI is InChI=1S/C18H29N3O2.HI/c1-19-18(21-15-7-4-3-5-8-15)20-13-6-14-23-17-11-9-16(22-2)10-12-17;/h9-12,15H,3-8,13-14H2,1-2H3,(H2,19,20,21);1H. The Hall–Kier alpha value is -1.18. The number of rotatable bonds is 7. The van der Waals surface area contributed by atoms with Crippen molar-refractivity contribution in [3.8, 4) is 11.5 Å². The Balaban J connectivity index is 0.00000288. The Morgan fingerprint density at radius 2 is 1.79 bits per heavy atom. The molecule has 0 aromatic heterocycles. The minimum Gasteiger partial charge on any atom is -0.497 e. The van der Waals surface area contributed by atoms with Gasteiger partial charge in [-0.05, 0) is 43.5 Å². The molecule has 0 radical (unpaired) electrons. The van der Waals surface area contributed by atoms with E-state index in [1.54, 1.807) is 7.11 Å². The first kappa shape index (κ1) is 20.9. The van der Waals surface area contributed by atoms with E-state index < -0.39 is 0 Å². The van der Waals surface area contributed by atoms with Gasteiger partial charge < -0.3 is 20.1 Å². The van der Waals surface area contributed by atoms with Crippen LogP contribution >= 0.6 is 24.0 Å². The van der Waals surface area contributed by atoms with E-state index >= 15 is 0 Å². The lowest BCUT2D eigenvalue weighted by Gasteiger charge is -2.24. The molecule has 1 aromatic rings. The molecule has 0 saturated heterocycles. The SMILES string of the molecule is CN=C(NCCCOc1ccc(OC)cc1)NC1CCCCC1.I. The van der Waals surface area contributed by atoms with E-state index in [1.165, 1.54) is 32.1 Å². The molecule has 0 atom stereocenters. The van der Waals surface area contributed by atoms with Crippen LogP contribution in [0.2, 0.25) is 0 Å². The lowest BCUT2D eigenvalue weighted by molar-refractivity contribution is 0.310. The zero-order chi connectivity index (χ0) is 16.3. The maximum absolute atomic E-state index is 5.72. The van der Waals surface area contributed by atoms with Crippen LogP contribution < -0.4 is 20.1 Å². The number of hydrogen-bond acceptors (Lipinski definition) is 3. The molecular weight excluding hydrogens is 417 g/mol. The second-order valence-corrected chi connectivity index (χ2v) is 5.86. The van der Waals surface area contributed by atoms with Gasteiger partial charge in [0.05, 0.1) is 13.7 Å². The summed E-state index contributed by atoms with van der Waals surface area (Å²) >= 11 is 0. The van der Waals surface area contributed by atoms with Crippen molar-refractivity contribution in [1.29, 1.82) is 0 Å². The highest BCUT2D eigenvalue weighted by Crippen LogP contribution is 2.17. The van der Waals surface area contributed by atoms with Crippen LogP contribution in [0.25, 0.3) is 0 Å². The number of guanidine groups is 1. The number of benzene rings is 1. The summed E-state index contributed by atoms with van der Waals surface area (Å²) < 4.78 is 10.8. The third-order valence-corrected chi connectivity index (χ3v) is 4.11. The highest BCUT2D eigenvalue weighted by molar-refractivity contribution is 14.0. The molecule has 0 unspecified atom stereocenters. The average molecular weight is 447 g/mol. The molecule has 1 aliphatic rings. The van der Waals surface area contributed by atoms with Crippen LogP contribution in [-0.4, -0.2) is 39.3 Å². The van der Waals surface area contributed by atoms with Gasteiger partial charge in [0.2, 0.25) is 0 Å². The minimum atomic E-state index is 0. The Labute approximate surface area is 162 Å². The molecule has 24 heavy (non-hydrogen) atoms. The van der Waals surface area contributed by atoms with Crippen molar-refractivity contribution in [2.75, 3.05) is 27.3 Å². The summed E-state index contributed by atoms with van der Waals surface area (Å²) in [6, 6.07) is 8.24. The van der Waals surface area contributed by atoms with Crippen LogP contribution in [0.15, 0.2) is 29.3 Å². The number of halogens is 1. The van der Waals surface area contributed by atoms with E-state index in [2.05, 4.69) is 15.6 Å².